The lowest BCUT2D eigenvalue weighted by Gasteiger charge is -2.22. The normalized spacial score (nSPS) is 19.6. The number of amides is 1. The van der Waals surface area contributed by atoms with Crippen LogP contribution in [0.15, 0.2) is 18.2 Å². The number of carbonyl (C=O) groups excluding carboxylic acids is 1. The number of nitrogens with one attached hydrogen (secondary N) is 1. The third-order valence-corrected chi connectivity index (χ3v) is 1.95. The van der Waals surface area contributed by atoms with E-state index in [1.807, 2.05) is 0 Å². The molecule has 1 amide bonds. The van der Waals surface area contributed by atoms with Gasteiger partial charge in [0.1, 0.15) is 5.75 Å². The van der Waals surface area contributed by atoms with Gasteiger partial charge in [-0.25, -0.2) is 0 Å². The fourth-order valence-electron chi connectivity index (χ4n) is 1.23. The Balaban J connectivity index is 2.37. The summed E-state index contributed by atoms with van der Waals surface area (Å²) in [5, 5.41) is 20.4. The van der Waals surface area contributed by atoms with Gasteiger partial charge in [-0.05, 0) is 17.7 Å². The van der Waals surface area contributed by atoms with Crippen LogP contribution in [0.1, 0.15) is 5.56 Å². The van der Waals surface area contributed by atoms with Crippen LogP contribution in [0.5, 0.6) is 5.75 Å². The van der Waals surface area contributed by atoms with Crippen molar-refractivity contribution >= 4 is 11.6 Å². The molecule has 0 spiro atoms. The number of aliphatic hydroxyl groups excluding tert-OH is 2. The highest BCUT2D eigenvalue weighted by molar-refractivity contribution is 5.96. The lowest BCUT2D eigenvalue weighted by Crippen LogP contribution is -2.36. The van der Waals surface area contributed by atoms with Crippen LogP contribution in [0.25, 0.3) is 0 Å². The number of hydrogen-bond donors (Lipinski definition) is 3. The molecule has 74 valence electrons. The Morgan fingerprint density at radius 2 is 2.29 bits per heavy atom. The van der Waals surface area contributed by atoms with Crippen molar-refractivity contribution in [3.8, 4) is 5.75 Å². The standard InChI is InChI=1S/C9H9NO4/c11-4-5-1-2-6-7(3-5)14-9(13)8(12)10-6/h1-3,9,11,13H,4H2,(H,10,12). The summed E-state index contributed by atoms with van der Waals surface area (Å²) in [7, 11) is 0. The van der Waals surface area contributed by atoms with Gasteiger partial charge in [0.15, 0.2) is 0 Å². The highest BCUT2D eigenvalue weighted by Crippen LogP contribution is 2.29. The summed E-state index contributed by atoms with van der Waals surface area (Å²) in [4.78, 5) is 11.0. The monoisotopic (exact) mass is 195 g/mol. The molecule has 1 unspecified atom stereocenters. The van der Waals surface area contributed by atoms with Gasteiger partial charge in [-0.15, -0.1) is 0 Å². The number of hydrogen-bond acceptors (Lipinski definition) is 4. The van der Waals surface area contributed by atoms with E-state index in [-0.39, 0.29) is 6.61 Å². The molecule has 2 rings (SSSR count). The van der Waals surface area contributed by atoms with Crippen molar-refractivity contribution in [1.82, 2.24) is 0 Å². The van der Waals surface area contributed by atoms with E-state index in [4.69, 9.17) is 14.9 Å². The number of fused-ring (bicyclic) bond motifs is 1. The molecule has 1 aliphatic rings. The summed E-state index contributed by atoms with van der Waals surface area (Å²) in [6.07, 6.45) is -1.48. The van der Waals surface area contributed by atoms with E-state index < -0.39 is 12.2 Å². The third kappa shape index (κ3) is 1.43. The Labute approximate surface area is 79.9 Å². The number of aliphatic hydroxyl groups is 2. The first-order valence-corrected chi connectivity index (χ1v) is 4.10. The summed E-state index contributed by atoms with van der Waals surface area (Å²) < 4.78 is 4.92. The van der Waals surface area contributed by atoms with Gasteiger partial charge in [0, 0.05) is 0 Å². The van der Waals surface area contributed by atoms with E-state index in [1.54, 1.807) is 18.2 Å². The minimum atomic E-state index is -1.48. The van der Waals surface area contributed by atoms with Crippen LogP contribution in [0.4, 0.5) is 5.69 Å². The molecule has 0 fully saturated rings. The van der Waals surface area contributed by atoms with Gasteiger partial charge >= 0.3 is 0 Å². The Morgan fingerprint density at radius 3 is 3.00 bits per heavy atom. The highest BCUT2D eigenvalue weighted by atomic mass is 16.6. The minimum Gasteiger partial charge on any atom is -0.453 e. The van der Waals surface area contributed by atoms with Crippen LogP contribution in [-0.4, -0.2) is 22.4 Å². The van der Waals surface area contributed by atoms with E-state index in [9.17, 15) is 4.79 Å². The molecule has 0 aliphatic carbocycles. The van der Waals surface area contributed by atoms with Crippen LogP contribution >= 0.6 is 0 Å². The summed E-state index contributed by atoms with van der Waals surface area (Å²) in [5.41, 5.74) is 1.16. The zero-order chi connectivity index (χ0) is 10.1. The van der Waals surface area contributed by atoms with Crippen LogP contribution in [0.3, 0.4) is 0 Å². The number of carbonyl (C=O) groups is 1. The number of anilines is 1. The Hall–Kier alpha value is -1.59. The topological polar surface area (TPSA) is 78.8 Å². The van der Waals surface area contributed by atoms with E-state index in [2.05, 4.69) is 5.32 Å². The van der Waals surface area contributed by atoms with Crippen LogP contribution in [0, 0.1) is 0 Å². The molecular formula is C9H9NO4. The molecular weight excluding hydrogens is 186 g/mol. The van der Waals surface area contributed by atoms with Crippen LogP contribution in [0.2, 0.25) is 0 Å². The number of rotatable bonds is 1. The lowest BCUT2D eigenvalue weighted by atomic mass is 10.2. The second-order valence-corrected chi connectivity index (χ2v) is 2.95. The molecule has 5 nitrogen and oxygen atoms in total. The zero-order valence-electron chi connectivity index (χ0n) is 7.23. The van der Waals surface area contributed by atoms with Gasteiger partial charge in [0.25, 0.3) is 12.2 Å². The van der Waals surface area contributed by atoms with Gasteiger partial charge in [0.2, 0.25) is 0 Å². The average molecular weight is 195 g/mol. The smallest absolute Gasteiger partial charge is 0.293 e. The molecule has 1 atom stereocenters. The maximum Gasteiger partial charge on any atom is 0.293 e. The number of benzene rings is 1. The van der Waals surface area contributed by atoms with Crippen molar-refractivity contribution in [3.63, 3.8) is 0 Å². The molecule has 5 heteroatoms. The second kappa shape index (κ2) is 3.28. The first-order chi connectivity index (χ1) is 6.70. The fourth-order valence-corrected chi connectivity index (χ4v) is 1.23. The molecule has 0 bridgehead atoms. The fraction of sp³-hybridized carbons (Fsp3) is 0.222. The number of ether oxygens (including phenoxy) is 1. The molecule has 0 aromatic heterocycles. The largest absolute Gasteiger partial charge is 0.453 e. The second-order valence-electron chi connectivity index (χ2n) is 2.95. The van der Waals surface area contributed by atoms with Crippen LogP contribution < -0.4 is 10.1 Å². The van der Waals surface area contributed by atoms with Crippen LogP contribution in [-0.2, 0) is 11.4 Å². The van der Waals surface area contributed by atoms with E-state index >= 15 is 0 Å². The summed E-state index contributed by atoms with van der Waals surface area (Å²) in [6.45, 7) is -0.110. The van der Waals surface area contributed by atoms with E-state index in [1.165, 1.54) is 0 Å². The third-order valence-electron chi connectivity index (χ3n) is 1.95. The molecule has 0 radical (unpaired) electrons. The Morgan fingerprint density at radius 1 is 1.50 bits per heavy atom. The molecule has 1 heterocycles. The molecule has 0 saturated heterocycles. The molecule has 1 aromatic carbocycles. The summed E-state index contributed by atoms with van der Waals surface area (Å²) in [6, 6.07) is 4.85. The van der Waals surface area contributed by atoms with Crippen molar-refractivity contribution in [1.29, 1.82) is 0 Å². The molecule has 0 saturated carbocycles. The quantitative estimate of drug-likeness (QED) is 0.581. The Kier molecular flexibility index (Phi) is 2.11. The van der Waals surface area contributed by atoms with Crippen molar-refractivity contribution in [2.45, 2.75) is 12.9 Å². The first-order valence-electron chi connectivity index (χ1n) is 4.10. The molecule has 3 N–H and O–H groups in total. The van der Waals surface area contributed by atoms with Crippen molar-refractivity contribution in [2.75, 3.05) is 5.32 Å². The van der Waals surface area contributed by atoms with E-state index in [0.29, 0.717) is 17.0 Å². The van der Waals surface area contributed by atoms with Crippen molar-refractivity contribution in [3.05, 3.63) is 23.8 Å². The Bertz CT molecular complexity index is 377. The SMILES string of the molecule is O=C1Nc2ccc(CO)cc2OC1O. The van der Waals surface area contributed by atoms with Gasteiger partial charge in [0.05, 0.1) is 12.3 Å². The molecule has 1 aliphatic heterocycles. The predicted molar refractivity (Wildman–Crippen MR) is 47.6 cm³/mol. The van der Waals surface area contributed by atoms with Gasteiger partial charge in [-0.2, -0.15) is 0 Å². The molecule has 14 heavy (non-hydrogen) atoms. The maximum absolute atomic E-state index is 11.0. The molecule has 1 aromatic rings. The lowest BCUT2D eigenvalue weighted by molar-refractivity contribution is -0.139. The highest BCUT2D eigenvalue weighted by Gasteiger charge is 2.25. The van der Waals surface area contributed by atoms with Crippen molar-refractivity contribution in [2.24, 2.45) is 0 Å². The van der Waals surface area contributed by atoms with Crippen molar-refractivity contribution < 1.29 is 19.7 Å². The zero-order valence-corrected chi connectivity index (χ0v) is 7.23. The van der Waals surface area contributed by atoms with Gasteiger partial charge in [-0.1, -0.05) is 6.07 Å². The summed E-state index contributed by atoms with van der Waals surface area (Å²) >= 11 is 0. The van der Waals surface area contributed by atoms with Gasteiger partial charge < -0.3 is 20.3 Å². The van der Waals surface area contributed by atoms with E-state index in [0.717, 1.165) is 0 Å². The van der Waals surface area contributed by atoms with Gasteiger partial charge in [-0.3, -0.25) is 4.79 Å². The first kappa shape index (κ1) is 8.98. The average Bonchev–Trinajstić information content (AvgIpc) is 2.19. The summed E-state index contributed by atoms with van der Waals surface area (Å²) in [5.74, 6) is -0.224. The minimum absolute atomic E-state index is 0.110. The maximum atomic E-state index is 11.0. The predicted octanol–water partition coefficient (Wildman–Crippen LogP) is -0.172.